The zero-order valence-electron chi connectivity index (χ0n) is 7.73. The number of nitrogens with two attached hydrogens (primary N) is 1. The Hall–Kier alpha value is -0.410. The molecular formula is C6H7Cl3N3O4+. The van der Waals surface area contributed by atoms with E-state index >= 15 is 0 Å². The molecule has 1 aromatic heterocycles. The number of nitrogens with zero attached hydrogens (tertiary/aromatic N) is 2. The van der Waals surface area contributed by atoms with Crippen molar-refractivity contribution in [3.05, 3.63) is 16.2 Å². The van der Waals surface area contributed by atoms with Crippen LogP contribution in [0.25, 0.3) is 0 Å². The quantitative estimate of drug-likeness (QED) is 0.597. The topological polar surface area (TPSA) is 121 Å². The highest BCUT2D eigenvalue weighted by atomic mass is 35.7. The van der Waals surface area contributed by atoms with Crippen molar-refractivity contribution in [1.82, 2.24) is 5.10 Å². The number of hydrogen-bond acceptors (Lipinski definition) is 6. The maximum atomic E-state index is 10.1. The van der Waals surface area contributed by atoms with Gasteiger partial charge in [-0.15, -0.1) is 4.68 Å². The van der Waals surface area contributed by atoms with Crippen molar-refractivity contribution in [2.45, 2.75) is 6.54 Å². The van der Waals surface area contributed by atoms with Crippen molar-refractivity contribution in [2.24, 2.45) is 0 Å². The second kappa shape index (κ2) is 5.28. The van der Waals surface area contributed by atoms with E-state index in [1.807, 2.05) is 0 Å². The Balaban J connectivity index is 2.65. The molecule has 7 nitrogen and oxygen atoms in total. The summed E-state index contributed by atoms with van der Waals surface area (Å²) in [6.45, 7) is -0.440. The smallest absolute Gasteiger partial charge is 0.284 e. The van der Waals surface area contributed by atoms with Gasteiger partial charge in [0.1, 0.15) is 0 Å². The molecule has 0 fully saturated rings. The Morgan fingerprint density at radius 2 is 2.06 bits per heavy atom. The van der Waals surface area contributed by atoms with Crippen LogP contribution in [0.2, 0.25) is 10.0 Å². The fourth-order valence-corrected chi connectivity index (χ4v) is 1.41. The predicted octanol–water partition coefficient (Wildman–Crippen LogP) is -2.83. The molecule has 2 N–H and O–H groups in total. The molecule has 0 spiro atoms. The molecule has 0 aromatic carbocycles. The Kier molecular flexibility index (Phi) is 4.51. The van der Waals surface area contributed by atoms with Gasteiger partial charge < -0.3 is 0 Å². The maximum absolute atomic E-state index is 10.1. The van der Waals surface area contributed by atoms with Crippen molar-refractivity contribution in [1.29, 1.82) is 0 Å². The molecule has 0 aliphatic heterocycles. The number of rotatable bonds is 4. The van der Waals surface area contributed by atoms with Crippen LogP contribution in [0.5, 0.6) is 0 Å². The fraction of sp³-hybridized carbons (Fsp3) is 0.333. The summed E-state index contributed by atoms with van der Waals surface area (Å²) < 4.78 is 35.5. The van der Waals surface area contributed by atoms with Crippen LogP contribution in [-0.2, 0) is 10.8 Å². The summed E-state index contributed by atoms with van der Waals surface area (Å²) in [6, 6.07) is 0. The van der Waals surface area contributed by atoms with Gasteiger partial charge in [-0.3, -0.25) is 5.73 Å². The Bertz CT molecular complexity index is 384. The molecule has 0 saturated carbocycles. The molecule has 0 atom stereocenters. The van der Waals surface area contributed by atoms with Crippen LogP contribution < -0.4 is 24.4 Å². The average molecular weight is 291 g/mol. The van der Waals surface area contributed by atoms with Crippen LogP contribution in [0.1, 0.15) is 0 Å². The first-order valence-electron chi connectivity index (χ1n) is 3.86. The van der Waals surface area contributed by atoms with E-state index < -0.39 is 16.9 Å². The summed E-state index contributed by atoms with van der Waals surface area (Å²) in [5.74, 6) is 0.0535. The minimum absolute atomic E-state index is 0.0445. The Labute approximate surface area is 103 Å². The third kappa shape index (κ3) is 3.87. The lowest BCUT2D eigenvalue weighted by Crippen LogP contribution is -2.61. The highest BCUT2D eigenvalue weighted by molar-refractivity contribution is 6.43. The number of hydrogen-bond donors (Lipinski definition) is 1. The van der Waals surface area contributed by atoms with Crippen LogP contribution in [0.4, 0.5) is 5.82 Å². The van der Waals surface area contributed by atoms with E-state index in [1.165, 1.54) is 6.20 Å². The van der Waals surface area contributed by atoms with Crippen molar-refractivity contribution < 1.29 is 33.2 Å². The minimum Gasteiger partial charge on any atom is -0.284 e. The molecular weight excluding hydrogens is 284 g/mol. The van der Waals surface area contributed by atoms with E-state index in [4.69, 9.17) is 28.9 Å². The van der Waals surface area contributed by atoms with Gasteiger partial charge in [0, 0.05) is 0 Å². The lowest BCUT2D eigenvalue weighted by Gasteiger charge is -2.11. The summed E-state index contributed by atoms with van der Waals surface area (Å²) in [4.78, 5) is 0. The molecule has 16 heavy (non-hydrogen) atoms. The number of halogens is 3. The standard InChI is InChI=1S/C6H6Cl3N3O4/c7-4-3-11-12(6(10)5(4)8)1-2-16-9(13,14)15/h3,10H,1-2H2/p+1. The van der Waals surface area contributed by atoms with Crippen molar-refractivity contribution in [2.75, 3.05) is 12.3 Å². The van der Waals surface area contributed by atoms with Crippen LogP contribution in [-0.4, -0.2) is 11.7 Å². The lowest BCUT2D eigenvalue weighted by molar-refractivity contribution is -1.92. The molecule has 0 bridgehead atoms. The zero-order chi connectivity index (χ0) is 12.3. The highest BCUT2D eigenvalue weighted by Gasteiger charge is 2.21. The monoisotopic (exact) mass is 290 g/mol. The van der Waals surface area contributed by atoms with Gasteiger partial charge >= 0.3 is 5.82 Å². The van der Waals surface area contributed by atoms with Gasteiger partial charge in [-0.25, -0.2) is 0 Å². The second-order valence-corrected chi connectivity index (χ2v) is 4.37. The first-order valence-corrected chi connectivity index (χ1v) is 5.85. The van der Waals surface area contributed by atoms with Gasteiger partial charge in [-0.2, -0.15) is 14.0 Å². The number of aromatic nitrogens is 2. The molecule has 0 aliphatic rings. The molecule has 10 heteroatoms. The summed E-state index contributed by atoms with van der Waals surface area (Å²) in [5, 5.41) is 4.02. The summed E-state index contributed by atoms with van der Waals surface area (Å²) in [7, 11) is -4.45. The van der Waals surface area contributed by atoms with E-state index in [0.29, 0.717) is 0 Å². The van der Waals surface area contributed by atoms with Crippen molar-refractivity contribution >= 4 is 29.0 Å². The van der Waals surface area contributed by atoms with E-state index in [1.54, 1.807) is 0 Å². The second-order valence-electron chi connectivity index (χ2n) is 2.61. The van der Waals surface area contributed by atoms with E-state index in [0.717, 1.165) is 4.68 Å². The molecule has 1 aromatic rings. The molecule has 0 radical (unpaired) electrons. The van der Waals surface area contributed by atoms with Crippen LogP contribution >= 0.6 is 23.2 Å². The summed E-state index contributed by atoms with van der Waals surface area (Å²) in [5.41, 5.74) is 5.53. The first-order chi connectivity index (χ1) is 7.31. The number of nitrogen functional groups attached to an aromatic ring is 1. The zero-order valence-corrected chi connectivity index (χ0v) is 10.00. The summed E-state index contributed by atoms with van der Waals surface area (Å²) >= 11 is 11.3. The van der Waals surface area contributed by atoms with Gasteiger partial charge in [0.15, 0.2) is 11.6 Å². The van der Waals surface area contributed by atoms with Crippen LogP contribution in [0.15, 0.2) is 6.20 Å². The highest BCUT2D eigenvalue weighted by Crippen LogP contribution is 2.22. The van der Waals surface area contributed by atoms with Gasteiger partial charge in [0.2, 0.25) is 6.61 Å². The SMILES string of the molecule is Nc1c(Cl)c(Cl)cn[n+]1CCO[Cl+3]([O-])([O-])[O-]. The van der Waals surface area contributed by atoms with E-state index in [-0.39, 0.29) is 22.4 Å². The fourth-order valence-electron chi connectivity index (χ4n) is 0.869. The van der Waals surface area contributed by atoms with Crippen molar-refractivity contribution in [3.8, 4) is 0 Å². The number of anilines is 1. The van der Waals surface area contributed by atoms with Crippen LogP contribution in [0, 0.1) is 10.2 Å². The first kappa shape index (κ1) is 13.7. The van der Waals surface area contributed by atoms with Gasteiger partial charge in [0.05, 0.1) is 25.8 Å². The molecule has 0 unspecified atom stereocenters. The Morgan fingerprint density at radius 1 is 1.44 bits per heavy atom. The molecule has 1 rings (SSSR count). The van der Waals surface area contributed by atoms with Gasteiger partial charge in [0.25, 0.3) is 0 Å². The van der Waals surface area contributed by atoms with E-state index in [2.05, 4.69) is 9.39 Å². The molecule has 90 valence electrons. The van der Waals surface area contributed by atoms with E-state index in [9.17, 15) is 14.0 Å². The third-order valence-electron chi connectivity index (χ3n) is 1.54. The largest absolute Gasteiger partial charge is 0.313 e. The van der Waals surface area contributed by atoms with Crippen molar-refractivity contribution in [3.63, 3.8) is 0 Å². The van der Waals surface area contributed by atoms with Gasteiger partial charge in [-0.05, 0) is 0 Å². The minimum atomic E-state index is -4.45. The third-order valence-corrected chi connectivity index (χ3v) is 2.74. The molecule has 1 heterocycles. The maximum Gasteiger partial charge on any atom is 0.313 e. The van der Waals surface area contributed by atoms with Crippen LogP contribution in [0.3, 0.4) is 0 Å². The average Bonchev–Trinajstić information content (AvgIpc) is 2.16. The molecule has 0 saturated heterocycles. The molecule has 0 aliphatic carbocycles. The summed E-state index contributed by atoms with van der Waals surface area (Å²) in [6.07, 6.45) is 1.24. The predicted molar refractivity (Wildman–Crippen MR) is 44.8 cm³/mol. The molecule has 0 amide bonds. The van der Waals surface area contributed by atoms with Gasteiger partial charge in [-0.1, -0.05) is 28.3 Å². The lowest BCUT2D eigenvalue weighted by atomic mass is 10.5. The normalized spacial score (nSPS) is 11.8. The Morgan fingerprint density at radius 3 is 2.62 bits per heavy atom.